The quantitative estimate of drug-likeness (QED) is 0.799. The molecule has 0 bridgehead atoms. The summed E-state index contributed by atoms with van der Waals surface area (Å²) in [5, 5.41) is 7.23. The lowest BCUT2D eigenvalue weighted by atomic mass is 10.1. The van der Waals surface area contributed by atoms with Crippen LogP contribution in [0.2, 0.25) is 0 Å². The molecule has 24 heavy (non-hydrogen) atoms. The van der Waals surface area contributed by atoms with Crippen molar-refractivity contribution in [3.8, 4) is 22.6 Å². The van der Waals surface area contributed by atoms with Crippen LogP contribution in [-0.2, 0) is 0 Å². The number of pyridine rings is 1. The van der Waals surface area contributed by atoms with Gasteiger partial charge in [-0.2, -0.15) is 5.10 Å². The van der Waals surface area contributed by atoms with Crippen molar-refractivity contribution < 1.29 is 4.74 Å². The minimum absolute atomic E-state index is 0.0650. The summed E-state index contributed by atoms with van der Waals surface area (Å²) in [4.78, 5) is 12.4. The van der Waals surface area contributed by atoms with Gasteiger partial charge in [0.2, 0.25) is 0 Å². The summed E-state index contributed by atoms with van der Waals surface area (Å²) in [6.45, 7) is 8.48. The zero-order valence-corrected chi connectivity index (χ0v) is 14.4. The van der Waals surface area contributed by atoms with Gasteiger partial charge in [0.15, 0.2) is 0 Å². The Morgan fingerprint density at radius 3 is 2.58 bits per heavy atom. The molecule has 3 aromatic rings. The fourth-order valence-corrected chi connectivity index (χ4v) is 2.95. The third kappa shape index (κ3) is 2.85. The van der Waals surface area contributed by atoms with Crippen molar-refractivity contribution in [1.29, 1.82) is 0 Å². The van der Waals surface area contributed by atoms with E-state index in [9.17, 15) is 4.79 Å². The predicted octanol–water partition coefficient (Wildman–Crippen LogP) is 3.55. The molecule has 124 valence electrons. The lowest BCUT2D eigenvalue weighted by Gasteiger charge is -2.13. The molecule has 0 aliphatic rings. The average Bonchev–Trinajstić information content (AvgIpc) is 2.88. The van der Waals surface area contributed by atoms with Crippen LogP contribution >= 0.6 is 0 Å². The van der Waals surface area contributed by atoms with E-state index in [1.54, 1.807) is 10.6 Å². The molecule has 0 fully saturated rings. The Morgan fingerprint density at radius 2 is 1.96 bits per heavy atom. The van der Waals surface area contributed by atoms with Crippen LogP contribution in [0.3, 0.4) is 0 Å². The molecule has 0 radical (unpaired) electrons. The van der Waals surface area contributed by atoms with Gasteiger partial charge in [-0.3, -0.25) is 14.5 Å². The molecule has 0 aliphatic heterocycles. The summed E-state index contributed by atoms with van der Waals surface area (Å²) in [7, 11) is 0. The SMILES string of the molecule is CCOc1ccc(-n2cc(-c3c(C)n[nH]c3C)ccc2=O)c(C)c1. The number of aromatic amines is 1. The third-order valence-corrected chi connectivity index (χ3v) is 4.07. The number of nitrogens with one attached hydrogen (secondary N) is 1. The highest BCUT2D eigenvalue weighted by Gasteiger charge is 2.12. The lowest BCUT2D eigenvalue weighted by molar-refractivity contribution is 0.340. The van der Waals surface area contributed by atoms with Crippen LogP contribution < -0.4 is 10.3 Å². The first-order valence-electron chi connectivity index (χ1n) is 7.99. The van der Waals surface area contributed by atoms with E-state index in [0.29, 0.717) is 6.61 Å². The number of hydrogen-bond acceptors (Lipinski definition) is 3. The summed E-state index contributed by atoms with van der Waals surface area (Å²) >= 11 is 0. The number of ether oxygens (including phenoxy) is 1. The van der Waals surface area contributed by atoms with Gasteiger partial charge >= 0.3 is 0 Å². The van der Waals surface area contributed by atoms with Gasteiger partial charge < -0.3 is 4.74 Å². The van der Waals surface area contributed by atoms with Gasteiger partial charge in [0.05, 0.1) is 18.0 Å². The van der Waals surface area contributed by atoms with Crippen LogP contribution in [0.25, 0.3) is 16.8 Å². The molecule has 2 heterocycles. The summed E-state index contributed by atoms with van der Waals surface area (Å²) < 4.78 is 7.19. The Morgan fingerprint density at radius 1 is 1.17 bits per heavy atom. The van der Waals surface area contributed by atoms with Crippen molar-refractivity contribution in [3.63, 3.8) is 0 Å². The molecule has 0 aliphatic carbocycles. The zero-order chi connectivity index (χ0) is 17.3. The standard InChI is InChI=1S/C19H21N3O2/c1-5-24-16-7-8-17(12(2)10-16)22-11-15(6-9-18(22)23)19-13(3)20-21-14(19)4/h6-11H,5H2,1-4H3,(H,20,21). The smallest absolute Gasteiger partial charge is 0.255 e. The van der Waals surface area contributed by atoms with Gasteiger partial charge in [-0.25, -0.2) is 0 Å². The second-order valence-corrected chi connectivity index (χ2v) is 5.82. The van der Waals surface area contributed by atoms with Gasteiger partial charge in [-0.1, -0.05) is 0 Å². The van der Waals surface area contributed by atoms with Crippen LogP contribution in [-0.4, -0.2) is 21.4 Å². The molecule has 0 saturated carbocycles. The van der Waals surface area contributed by atoms with E-state index < -0.39 is 0 Å². The highest BCUT2D eigenvalue weighted by Crippen LogP contribution is 2.26. The van der Waals surface area contributed by atoms with E-state index >= 15 is 0 Å². The maximum atomic E-state index is 12.4. The molecule has 0 amide bonds. The van der Waals surface area contributed by atoms with Crippen molar-refractivity contribution in [2.24, 2.45) is 0 Å². The Bertz CT molecular complexity index is 919. The fraction of sp³-hybridized carbons (Fsp3) is 0.263. The van der Waals surface area contributed by atoms with E-state index in [1.165, 1.54) is 0 Å². The maximum absolute atomic E-state index is 12.4. The molecule has 0 atom stereocenters. The number of rotatable bonds is 4. The number of nitrogens with zero attached hydrogens (tertiary/aromatic N) is 2. The first-order valence-corrected chi connectivity index (χ1v) is 7.99. The molecule has 2 aromatic heterocycles. The first kappa shape index (κ1) is 16.1. The largest absolute Gasteiger partial charge is 0.494 e. The average molecular weight is 323 g/mol. The molecular formula is C19H21N3O2. The lowest BCUT2D eigenvalue weighted by Crippen LogP contribution is -2.17. The van der Waals surface area contributed by atoms with E-state index in [2.05, 4.69) is 10.2 Å². The van der Waals surface area contributed by atoms with Gasteiger partial charge in [0.25, 0.3) is 5.56 Å². The van der Waals surface area contributed by atoms with Crippen LogP contribution in [0.5, 0.6) is 5.75 Å². The molecule has 3 rings (SSSR count). The summed E-state index contributed by atoms with van der Waals surface area (Å²) in [5.74, 6) is 0.810. The van der Waals surface area contributed by atoms with E-state index in [4.69, 9.17) is 4.74 Å². The molecule has 1 N–H and O–H groups in total. The van der Waals surface area contributed by atoms with Crippen LogP contribution in [0.1, 0.15) is 23.9 Å². The Hall–Kier alpha value is -2.82. The van der Waals surface area contributed by atoms with Crippen LogP contribution in [0, 0.1) is 20.8 Å². The first-order chi connectivity index (χ1) is 11.5. The van der Waals surface area contributed by atoms with Crippen molar-refractivity contribution in [2.45, 2.75) is 27.7 Å². The van der Waals surface area contributed by atoms with Gasteiger partial charge in [-0.15, -0.1) is 0 Å². The summed E-state index contributed by atoms with van der Waals surface area (Å²) in [6, 6.07) is 9.19. The summed E-state index contributed by atoms with van der Waals surface area (Å²) in [6.07, 6.45) is 1.87. The normalized spacial score (nSPS) is 10.8. The molecule has 0 unspecified atom stereocenters. The van der Waals surface area contributed by atoms with Crippen molar-refractivity contribution in [1.82, 2.24) is 14.8 Å². The third-order valence-electron chi connectivity index (χ3n) is 4.07. The van der Waals surface area contributed by atoms with Crippen LogP contribution in [0.4, 0.5) is 0 Å². The number of hydrogen-bond donors (Lipinski definition) is 1. The topological polar surface area (TPSA) is 59.9 Å². The van der Waals surface area contributed by atoms with E-state index in [0.717, 1.165) is 39.5 Å². The van der Waals surface area contributed by atoms with Gasteiger partial charge in [0.1, 0.15) is 5.75 Å². The minimum atomic E-state index is -0.0650. The second-order valence-electron chi connectivity index (χ2n) is 5.82. The molecule has 0 spiro atoms. The monoisotopic (exact) mass is 323 g/mol. The fourth-order valence-electron chi connectivity index (χ4n) is 2.95. The number of aryl methyl sites for hydroxylation is 3. The minimum Gasteiger partial charge on any atom is -0.494 e. The number of benzene rings is 1. The number of aromatic nitrogens is 3. The predicted molar refractivity (Wildman–Crippen MR) is 95.0 cm³/mol. The van der Waals surface area contributed by atoms with Crippen molar-refractivity contribution >= 4 is 0 Å². The van der Waals surface area contributed by atoms with Crippen molar-refractivity contribution in [2.75, 3.05) is 6.61 Å². The molecule has 5 heteroatoms. The zero-order valence-electron chi connectivity index (χ0n) is 14.4. The maximum Gasteiger partial charge on any atom is 0.255 e. The molecule has 5 nitrogen and oxygen atoms in total. The summed E-state index contributed by atoms with van der Waals surface area (Å²) in [5.41, 5.74) is 5.68. The second kappa shape index (κ2) is 6.35. The highest BCUT2D eigenvalue weighted by atomic mass is 16.5. The Labute approximate surface area is 140 Å². The van der Waals surface area contributed by atoms with Crippen LogP contribution in [0.15, 0.2) is 41.3 Å². The van der Waals surface area contributed by atoms with Gasteiger partial charge in [-0.05, 0) is 57.5 Å². The van der Waals surface area contributed by atoms with Crippen molar-refractivity contribution in [3.05, 3.63) is 63.8 Å². The van der Waals surface area contributed by atoms with Gasteiger partial charge in [0, 0.05) is 29.1 Å². The Kier molecular flexibility index (Phi) is 4.25. The van der Waals surface area contributed by atoms with E-state index in [1.807, 2.05) is 58.2 Å². The molecule has 1 aromatic carbocycles. The highest BCUT2D eigenvalue weighted by molar-refractivity contribution is 5.68. The number of H-pyrrole nitrogens is 1. The Balaban J connectivity index is 2.12. The molecule has 0 saturated heterocycles. The molecular weight excluding hydrogens is 302 g/mol. The van der Waals surface area contributed by atoms with E-state index in [-0.39, 0.29) is 5.56 Å².